The van der Waals surface area contributed by atoms with Crippen molar-refractivity contribution in [3.63, 3.8) is 0 Å². The Bertz CT molecular complexity index is 154. The third-order valence-electron chi connectivity index (χ3n) is 1.45. The highest BCUT2D eigenvalue weighted by atomic mass is 16.6. The van der Waals surface area contributed by atoms with Crippen molar-refractivity contribution in [3.8, 4) is 0 Å². The molecule has 0 aromatic carbocycles. The average Bonchev–Trinajstić information content (AvgIpc) is 2.10. The summed E-state index contributed by atoms with van der Waals surface area (Å²) < 4.78 is 5.27. The molecule has 1 aliphatic heterocycles. The van der Waals surface area contributed by atoms with E-state index in [4.69, 9.17) is 9.94 Å². The van der Waals surface area contributed by atoms with Crippen LogP contribution in [0.25, 0.3) is 0 Å². The molecule has 1 N–H and O–H groups in total. The standard InChI is InChI=1S/C7H13NO2/c1-5(2)7-8(9)4-6(3)10-7/h4-5,7,9H,1-3H3. The third-order valence-corrected chi connectivity index (χ3v) is 1.45. The smallest absolute Gasteiger partial charge is 0.196 e. The van der Waals surface area contributed by atoms with Gasteiger partial charge in [-0.2, -0.15) is 0 Å². The fourth-order valence-electron chi connectivity index (χ4n) is 0.976. The molecule has 1 atom stereocenters. The summed E-state index contributed by atoms with van der Waals surface area (Å²) in [5.41, 5.74) is 0. The highest BCUT2D eigenvalue weighted by Crippen LogP contribution is 2.21. The van der Waals surface area contributed by atoms with Crippen LogP contribution >= 0.6 is 0 Å². The maximum atomic E-state index is 9.16. The second-order valence-corrected chi connectivity index (χ2v) is 2.87. The molecule has 0 fully saturated rings. The first kappa shape index (κ1) is 7.41. The molecule has 1 unspecified atom stereocenters. The molecular formula is C7H13NO2. The molecule has 0 bridgehead atoms. The lowest BCUT2D eigenvalue weighted by Gasteiger charge is -2.21. The molecule has 3 heteroatoms. The minimum Gasteiger partial charge on any atom is -0.471 e. The van der Waals surface area contributed by atoms with Gasteiger partial charge in [-0.1, -0.05) is 13.8 Å². The molecule has 0 saturated carbocycles. The molecule has 58 valence electrons. The topological polar surface area (TPSA) is 32.7 Å². The Morgan fingerprint density at radius 2 is 2.30 bits per heavy atom. The highest BCUT2D eigenvalue weighted by molar-refractivity contribution is 4.93. The normalized spacial score (nSPS) is 25.1. The summed E-state index contributed by atoms with van der Waals surface area (Å²) in [5, 5.41) is 10.3. The summed E-state index contributed by atoms with van der Waals surface area (Å²) in [6.45, 7) is 5.83. The number of nitrogens with zero attached hydrogens (tertiary/aromatic N) is 1. The van der Waals surface area contributed by atoms with Crippen LogP contribution < -0.4 is 0 Å². The molecule has 0 aromatic heterocycles. The molecule has 0 aromatic rings. The monoisotopic (exact) mass is 143 g/mol. The maximum absolute atomic E-state index is 9.16. The van der Waals surface area contributed by atoms with E-state index in [1.807, 2.05) is 20.8 Å². The van der Waals surface area contributed by atoms with Gasteiger partial charge in [-0.3, -0.25) is 5.21 Å². The van der Waals surface area contributed by atoms with Crippen LogP contribution in [-0.4, -0.2) is 16.5 Å². The molecule has 0 radical (unpaired) electrons. The first-order valence-corrected chi connectivity index (χ1v) is 3.43. The van der Waals surface area contributed by atoms with Crippen LogP contribution in [0.3, 0.4) is 0 Å². The van der Waals surface area contributed by atoms with Gasteiger partial charge in [-0.25, -0.2) is 5.06 Å². The van der Waals surface area contributed by atoms with Crippen molar-refractivity contribution in [1.82, 2.24) is 5.06 Å². The highest BCUT2D eigenvalue weighted by Gasteiger charge is 2.25. The zero-order valence-electron chi connectivity index (χ0n) is 6.53. The van der Waals surface area contributed by atoms with E-state index in [1.165, 1.54) is 0 Å². The molecule has 10 heavy (non-hydrogen) atoms. The van der Waals surface area contributed by atoms with Crippen LogP contribution in [0, 0.1) is 5.92 Å². The van der Waals surface area contributed by atoms with Gasteiger partial charge >= 0.3 is 0 Å². The quantitative estimate of drug-likeness (QED) is 0.604. The van der Waals surface area contributed by atoms with E-state index in [0.29, 0.717) is 5.92 Å². The van der Waals surface area contributed by atoms with Gasteiger partial charge in [-0.05, 0) is 6.92 Å². The van der Waals surface area contributed by atoms with Crippen LogP contribution in [0.5, 0.6) is 0 Å². The lowest BCUT2D eigenvalue weighted by atomic mass is 10.2. The van der Waals surface area contributed by atoms with E-state index in [2.05, 4.69) is 0 Å². The van der Waals surface area contributed by atoms with Crippen molar-refractivity contribution in [2.45, 2.75) is 27.0 Å². The lowest BCUT2D eigenvalue weighted by molar-refractivity contribution is -0.157. The van der Waals surface area contributed by atoms with Crippen LogP contribution in [-0.2, 0) is 4.74 Å². The Balaban J connectivity index is 2.55. The zero-order chi connectivity index (χ0) is 7.72. The molecule has 0 amide bonds. The van der Waals surface area contributed by atoms with Crippen molar-refractivity contribution in [2.75, 3.05) is 0 Å². The van der Waals surface area contributed by atoms with Crippen LogP contribution in [0.15, 0.2) is 12.0 Å². The number of allylic oxidation sites excluding steroid dienone is 1. The third kappa shape index (κ3) is 1.24. The van der Waals surface area contributed by atoms with E-state index < -0.39 is 0 Å². The predicted octanol–water partition coefficient (Wildman–Crippen LogP) is 1.55. The fourth-order valence-corrected chi connectivity index (χ4v) is 0.976. The Morgan fingerprint density at radius 3 is 2.50 bits per heavy atom. The van der Waals surface area contributed by atoms with Gasteiger partial charge in [0.15, 0.2) is 6.23 Å². The minimum absolute atomic E-state index is 0.194. The van der Waals surface area contributed by atoms with Crippen molar-refractivity contribution in [1.29, 1.82) is 0 Å². The van der Waals surface area contributed by atoms with E-state index in [0.717, 1.165) is 10.8 Å². The number of hydrogen-bond donors (Lipinski definition) is 1. The van der Waals surface area contributed by atoms with Gasteiger partial charge in [0.1, 0.15) is 5.76 Å². The summed E-state index contributed by atoms with van der Waals surface area (Å²) in [5.74, 6) is 1.07. The molecule has 1 aliphatic rings. The number of rotatable bonds is 1. The minimum atomic E-state index is -0.194. The molecule has 1 rings (SSSR count). The largest absolute Gasteiger partial charge is 0.471 e. The van der Waals surface area contributed by atoms with Crippen LogP contribution in [0.4, 0.5) is 0 Å². The van der Waals surface area contributed by atoms with Gasteiger partial charge in [0.25, 0.3) is 0 Å². The Morgan fingerprint density at radius 1 is 1.70 bits per heavy atom. The average molecular weight is 143 g/mol. The Hall–Kier alpha value is -0.700. The number of hydroxylamine groups is 2. The molecule has 0 aliphatic carbocycles. The molecule has 0 spiro atoms. The lowest BCUT2D eigenvalue weighted by Crippen LogP contribution is -2.29. The Kier molecular flexibility index (Phi) is 1.85. The molecule has 1 heterocycles. The van der Waals surface area contributed by atoms with Crippen molar-refractivity contribution < 1.29 is 9.94 Å². The van der Waals surface area contributed by atoms with Crippen molar-refractivity contribution >= 4 is 0 Å². The van der Waals surface area contributed by atoms with E-state index in [9.17, 15) is 0 Å². The first-order chi connectivity index (χ1) is 4.61. The number of ether oxygens (including phenoxy) is 1. The zero-order valence-corrected chi connectivity index (χ0v) is 6.53. The van der Waals surface area contributed by atoms with E-state index in [1.54, 1.807) is 6.20 Å². The molecular weight excluding hydrogens is 130 g/mol. The van der Waals surface area contributed by atoms with Crippen LogP contribution in [0.2, 0.25) is 0 Å². The summed E-state index contributed by atoms with van der Waals surface area (Å²) in [6.07, 6.45) is 1.39. The van der Waals surface area contributed by atoms with Gasteiger partial charge in [0, 0.05) is 5.92 Å². The summed E-state index contributed by atoms with van der Waals surface area (Å²) in [7, 11) is 0. The summed E-state index contributed by atoms with van der Waals surface area (Å²) >= 11 is 0. The number of hydrogen-bond acceptors (Lipinski definition) is 3. The van der Waals surface area contributed by atoms with Gasteiger partial charge < -0.3 is 4.74 Å². The Labute approximate surface area is 60.9 Å². The van der Waals surface area contributed by atoms with E-state index >= 15 is 0 Å². The summed E-state index contributed by atoms with van der Waals surface area (Å²) in [4.78, 5) is 0. The summed E-state index contributed by atoms with van der Waals surface area (Å²) in [6, 6.07) is 0. The van der Waals surface area contributed by atoms with Crippen molar-refractivity contribution in [2.24, 2.45) is 5.92 Å². The molecule has 3 nitrogen and oxygen atoms in total. The fraction of sp³-hybridized carbons (Fsp3) is 0.714. The van der Waals surface area contributed by atoms with Gasteiger partial charge in [-0.15, -0.1) is 0 Å². The van der Waals surface area contributed by atoms with Crippen LogP contribution in [0.1, 0.15) is 20.8 Å². The second-order valence-electron chi connectivity index (χ2n) is 2.87. The second kappa shape index (κ2) is 2.50. The van der Waals surface area contributed by atoms with E-state index in [-0.39, 0.29) is 6.23 Å². The predicted molar refractivity (Wildman–Crippen MR) is 37.1 cm³/mol. The SMILES string of the molecule is CC1=CN(O)C(C(C)C)O1. The maximum Gasteiger partial charge on any atom is 0.196 e. The molecule has 0 saturated heterocycles. The van der Waals surface area contributed by atoms with Crippen molar-refractivity contribution in [3.05, 3.63) is 12.0 Å². The first-order valence-electron chi connectivity index (χ1n) is 3.43. The van der Waals surface area contributed by atoms with Gasteiger partial charge in [0.05, 0.1) is 6.20 Å². The van der Waals surface area contributed by atoms with Gasteiger partial charge in [0.2, 0.25) is 0 Å².